The molecule has 1 atom stereocenters. The number of carbonyl (C=O) groups is 2. The van der Waals surface area contributed by atoms with Gasteiger partial charge in [0.1, 0.15) is 5.75 Å². The van der Waals surface area contributed by atoms with Gasteiger partial charge in [0.05, 0.1) is 20.1 Å². The summed E-state index contributed by atoms with van der Waals surface area (Å²) in [5.41, 5.74) is 2.19. The molecule has 0 heterocycles. The zero-order chi connectivity index (χ0) is 13.8. The highest BCUT2D eigenvalue weighted by atomic mass is 16.7. The summed E-state index contributed by atoms with van der Waals surface area (Å²) in [5, 5.41) is 0. The van der Waals surface area contributed by atoms with Crippen LogP contribution in [0.1, 0.15) is 17.5 Å². The molecule has 0 aromatic heterocycles. The van der Waals surface area contributed by atoms with Crippen molar-refractivity contribution in [2.75, 3.05) is 14.2 Å². The molecule has 1 aliphatic rings. The van der Waals surface area contributed by atoms with Crippen LogP contribution in [-0.4, -0.2) is 26.3 Å². The lowest BCUT2D eigenvalue weighted by Crippen LogP contribution is -2.23. The SMILES string of the molecule is COC(=O)Oc1ccc2c(c1)CCC(C(=O)OC)C2. The third-order valence-corrected chi connectivity index (χ3v) is 3.31. The Balaban J connectivity index is 2.12. The van der Waals surface area contributed by atoms with E-state index in [9.17, 15) is 9.59 Å². The molecule has 0 saturated carbocycles. The topological polar surface area (TPSA) is 61.8 Å². The summed E-state index contributed by atoms with van der Waals surface area (Å²) in [6.07, 6.45) is 1.46. The molecule has 5 heteroatoms. The number of fused-ring (bicyclic) bond motifs is 1. The quantitative estimate of drug-likeness (QED) is 0.604. The number of esters is 1. The molecular weight excluding hydrogens is 248 g/mol. The van der Waals surface area contributed by atoms with Crippen molar-refractivity contribution in [2.45, 2.75) is 19.3 Å². The van der Waals surface area contributed by atoms with Crippen LogP contribution in [0, 0.1) is 5.92 Å². The monoisotopic (exact) mass is 264 g/mol. The Morgan fingerprint density at radius 1 is 1.16 bits per heavy atom. The lowest BCUT2D eigenvalue weighted by molar-refractivity contribution is -0.145. The van der Waals surface area contributed by atoms with Gasteiger partial charge in [-0.3, -0.25) is 4.79 Å². The minimum absolute atomic E-state index is 0.0788. The summed E-state index contributed by atoms with van der Waals surface area (Å²) in [5.74, 6) is 0.215. The Hall–Kier alpha value is -2.04. The van der Waals surface area contributed by atoms with E-state index < -0.39 is 6.16 Å². The molecule has 0 N–H and O–H groups in total. The predicted octanol–water partition coefficient (Wildman–Crippen LogP) is 2.11. The average Bonchev–Trinajstić information content (AvgIpc) is 2.45. The van der Waals surface area contributed by atoms with Crippen LogP contribution >= 0.6 is 0 Å². The van der Waals surface area contributed by atoms with Crippen LogP contribution in [0.3, 0.4) is 0 Å². The molecule has 0 radical (unpaired) electrons. The van der Waals surface area contributed by atoms with Crippen molar-refractivity contribution < 1.29 is 23.8 Å². The summed E-state index contributed by atoms with van der Waals surface area (Å²) in [4.78, 5) is 22.5. The zero-order valence-corrected chi connectivity index (χ0v) is 11.0. The highest BCUT2D eigenvalue weighted by Gasteiger charge is 2.25. The highest BCUT2D eigenvalue weighted by Crippen LogP contribution is 2.29. The molecule has 102 valence electrons. The van der Waals surface area contributed by atoms with Gasteiger partial charge in [-0.15, -0.1) is 0 Å². The first-order valence-corrected chi connectivity index (χ1v) is 6.09. The van der Waals surface area contributed by atoms with Crippen LogP contribution in [-0.2, 0) is 27.1 Å². The van der Waals surface area contributed by atoms with Crippen LogP contribution in [0.2, 0.25) is 0 Å². The first-order valence-electron chi connectivity index (χ1n) is 6.09. The lowest BCUT2D eigenvalue weighted by atomic mass is 9.84. The Morgan fingerprint density at radius 2 is 1.95 bits per heavy atom. The van der Waals surface area contributed by atoms with Gasteiger partial charge in [0.15, 0.2) is 0 Å². The molecule has 1 aliphatic carbocycles. The minimum Gasteiger partial charge on any atom is -0.469 e. The fourth-order valence-corrected chi connectivity index (χ4v) is 2.30. The molecule has 0 fully saturated rings. The Morgan fingerprint density at radius 3 is 2.63 bits per heavy atom. The van der Waals surface area contributed by atoms with Gasteiger partial charge in [-0.05, 0) is 42.5 Å². The molecule has 1 aromatic rings. The van der Waals surface area contributed by atoms with Crippen LogP contribution < -0.4 is 4.74 Å². The second kappa shape index (κ2) is 5.73. The second-order valence-electron chi connectivity index (χ2n) is 4.45. The van der Waals surface area contributed by atoms with Gasteiger partial charge in [-0.25, -0.2) is 4.79 Å². The molecule has 0 saturated heterocycles. The van der Waals surface area contributed by atoms with E-state index in [4.69, 9.17) is 9.47 Å². The van der Waals surface area contributed by atoms with Gasteiger partial charge < -0.3 is 14.2 Å². The van der Waals surface area contributed by atoms with E-state index in [-0.39, 0.29) is 11.9 Å². The molecule has 0 aliphatic heterocycles. The number of hydrogen-bond acceptors (Lipinski definition) is 5. The number of ether oxygens (including phenoxy) is 3. The van der Waals surface area contributed by atoms with Gasteiger partial charge in [0, 0.05) is 0 Å². The summed E-state index contributed by atoms with van der Waals surface area (Å²) >= 11 is 0. The van der Waals surface area contributed by atoms with Gasteiger partial charge in [-0.1, -0.05) is 6.07 Å². The Labute approximate surface area is 111 Å². The Kier molecular flexibility index (Phi) is 4.04. The van der Waals surface area contributed by atoms with E-state index in [2.05, 4.69) is 4.74 Å². The molecule has 0 spiro atoms. The van der Waals surface area contributed by atoms with E-state index in [0.717, 1.165) is 24.0 Å². The van der Waals surface area contributed by atoms with Gasteiger partial charge >= 0.3 is 12.1 Å². The van der Waals surface area contributed by atoms with E-state index in [1.807, 2.05) is 12.1 Å². The van der Waals surface area contributed by atoms with E-state index in [1.165, 1.54) is 14.2 Å². The summed E-state index contributed by atoms with van der Waals surface area (Å²) in [6, 6.07) is 5.40. The molecule has 0 bridgehead atoms. The number of hydrogen-bond donors (Lipinski definition) is 0. The molecule has 1 unspecified atom stereocenters. The maximum Gasteiger partial charge on any atom is 0.513 e. The maximum atomic E-state index is 11.5. The molecule has 1 aromatic carbocycles. The van der Waals surface area contributed by atoms with Crippen LogP contribution in [0.15, 0.2) is 18.2 Å². The van der Waals surface area contributed by atoms with Crippen molar-refractivity contribution in [2.24, 2.45) is 5.92 Å². The second-order valence-corrected chi connectivity index (χ2v) is 4.45. The van der Waals surface area contributed by atoms with Crippen molar-refractivity contribution in [3.8, 4) is 5.75 Å². The van der Waals surface area contributed by atoms with Crippen LogP contribution in [0.25, 0.3) is 0 Å². The number of benzene rings is 1. The summed E-state index contributed by atoms with van der Waals surface area (Å²) < 4.78 is 14.2. The molecule has 5 nitrogen and oxygen atoms in total. The largest absolute Gasteiger partial charge is 0.513 e. The number of methoxy groups -OCH3 is 2. The zero-order valence-electron chi connectivity index (χ0n) is 11.0. The van der Waals surface area contributed by atoms with E-state index in [1.54, 1.807) is 6.07 Å². The highest BCUT2D eigenvalue weighted by molar-refractivity contribution is 5.73. The maximum absolute atomic E-state index is 11.5. The normalized spacial score (nSPS) is 17.3. The standard InChI is InChI=1S/C14H16O5/c1-17-13(15)11-4-3-10-8-12(19-14(16)18-2)6-5-9(10)7-11/h5-6,8,11H,3-4,7H2,1-2H3. The summed E-state index contributed by atoms with van der Waals surface area (Å²) in [7, 11) is 2.67. The lowest BCUT2D eigenvalue weighted by Gasteiger charge is -2.22. The van der Waals surface area contributed by atoms with Crippen molar-refractivity contribution in [3.05, 3.63) is 29.3 Å². The van der Waals surface area contributed by atoms with Gasteiger partial charge in [-0.2, -0.15) is 0 Å². The fraction of sp³-hybridized carbons (Fsp3) is 0.429. The van der Waals surface area contributed by atoms with Crippen molar-refractivity contribution in [3.63, 3.8) is 0 Å². The summed E-state index contributed by atoms with van der Waals surface area (Å²) in [6.45, 7) is 0. The van der Waals surface area contributed by atoms with Gasteiger partial charge in [0.25, 0.3) is 0 Å². The van der Waals surface area contributed by atoms with E-state index >= 15 is 0 Å². The molecule has 2 rings (SSSR count). The number of carbonyl (C=O) groups excluding carboxylic acids is 2. The van der Waals surface area contributed by atoms with Crippen molar-refractivity contribution >= 4 is 12.1 Å². The molecular formula is C14H16O5. The third-order valence-electron chi connectivity index (χ3n) is 3.31. The van der Waals surface area contributed by atoms with Crippen molar-refractivity contribution in [1.82, 2.24) is 0 Å². The first kappa shape index (κ1) is 13.4. The number of aryl methyl sites for hydroxylation is 1. The fourth-order valence-electron chi connectivity index (χ4n) is 2.30. The minimum atomic E-state index is -0.733. The predicted molar refractivity (Wildman–Crippen MR) is 67.0 cm³/mol. The molecule has 19 heavy (non-hydrogen) atoms. The van der Waals surface area contributed by atoms with Crippen molar-refractivity contribution in [1.29, 1.82) is 0 Å². The first-order chi connectivity index (χ1) is 9.13. The smallest absolute Gasteiger partial charge is 0.469 e. The molecule has 0 amide bonds. The van der Waals surface area contributed by atoms with Crippen LogP contribution in [0.4, 0.5) is 4.79 Å². The van der Waals surface area contributed by atoms with Gasteiger partial charge in [0.2, 0.25) is 0 Å². The average molecular weight is 264 g/mol. The Bertz CT molecular complexity index is 495. The van der Waals surface area contributed by atoms with E-state index in [0.29, 0.717) is 12.2 Å². The number of rotatable bonds is 2. The third kappa shape index (κ3) is 3.05. The van der Waals surface area contributed by atoms with Crippen LogP contribution in [0.5, 0.6) is 5.75 Å².